The summed E-state index contributed by atoms with van der Waals surface area (Å²) in [6, 6.07) is 5.96. The van der Waals surface area contributed by atoms with Crippen LogP contribution in [0.1, 0.15) is 77.2 Å². The number of benzene rings is 1. The Balaban J connectivity index is 2.32. The summed E-state index contributed by atoms with van der Waals surface area (Å²) >= 11 is 0. The van der Waals surface area contributed by atoms with Crippen molar-refractivity contribution in [2.24, 2.45) is 35.3 Å². The number of carboxylic acid groups (broad SMARTS) is 1. The summed E-state index contributed by atoms with van der Waals surface area (Å²) in [6.07, 6.45) is 4.12. The first-order chi connectivity index (χ1) is 18.6. The van der Waals surface area contributed by atoms with Gasteiger partial charge in [0.15, 0.2) is 0 Å². The summed E-state index contributed by atoms with van der Waals surface area (Å²) in [6.45, 7) is 6.69. The number of esters is 1. The van der Waals surface area contributed by atoms with Crippen molar-refractivity contribution in [3.05, 3.63) is 29.8 Å². The van der Waals surface area contributed by atoms with E-state index in [-0.39, 0.29) is 41.8 Å². The van der Waals surface area contributed by atoms with Gasteiger partial charge in [0, 0.05) is 5.92 Å². The molecule has 1 saturated carbocycles. The van der Waals surface area contributed by atoms with Crippen LogP contribution in [-0.2, 0) is 29.2 Å². The first kappa shape index (κ1) is 33.7. The molecule has 1 aromatic carbocycles. The summed E-state index contributed by atoms with van der Waals surface area (Å²) in [5.41, 5.74) is 6.34. The fourth-order valence-corrected chi connectivity index (χ4v) is 6.26. The van der Waals surface area contributed by atoms with Crippen LogP contribution in [0.25, 0.3) is 0 Å². The van der Waals surface area contributed by atoms with Crippen LogP contribution in [0.3, 0.4) is 0 Å². The molecule has 2 rings (SSSR count). The molecule has 1 aliphatic carbocycles. The van der Waals surface area contributed by atoms with Gasteiger partial charge >= 0.3 is 11.9 Å². The lowest BCUT2D eigenvalue weighted by Gasteiger charge is -2.31. The van der Waals surface area contributed by atoms with Crippen molar-refractivity contribution in [2.75, 3.05) is 27.4 Å². The average molecular weight is 584 g/mol. The molecule has 6 unspecified atom stereocenters. The molecular formula is C29H47N2O8S+. The van der Waals surface area contributed by atoms with Gasteiger partial charge in [0.2, 0.25) is 12.6 Å². The second-order valence-electron chi connectivity index (χ2n) is 12.0. The van der Waals surface area contributed by atoms with Gasteiger partial charge in [-0.1, -0.05) is 38.8 Å². The molecule has 0 aliphatic heterocycles. The van der Waals surface area contributed by atoms with Crippen molar-refractivity contribution in [3.8, 4) is 0 Å². The Morgan fingerprint density at radius 2 is 1.73 bits per heavy atom. The van der Waals surface area contributed by atoms with Crippen molar-refractivity contribution >= 4 is 28.0 Å². The molecule has 4 N–H and O–H groups in total. The van der Waals surface area contributed by atoms with E-state index in [1.807, 2.05) is 27.9 Å². The SMILES string of the molecule is CCC(CC(C(=O)O)C1CCCC1CC(CC(C)C(=O)OC[N+](C)(C)CC)c1ccc(S(=O)(=O)O)cc1)C(N)=O. The maximum Gasteiger partial charge on any atom is 0.312 e. The minimum Gasteiger partial charge on any atom is -0.481 e. The van der Waals surface area contributed by atoms with Gasteiger partial charge in [-0.3, -0.25) is 23.4 Å². The Morgan fingerprint density at radius 3 is 2.23 bits per heavy atom. The summed E-state index contributed by atoms with van der Waals surface area (Å²) in [4.78, 5) is 36.9. The molecule has 0 bridgehead atoms. The zero-order valence-electron chi connectivity index (χ0n) is 24.4. The maximum absolute atomic E-state index is 12.9. The van der Waals surface area contributed by atoms with Crippen LogP contribution in [-0.4, -0.2) is 67.8 Å². The molecule has 0 radical (unpaired) electrons. The standard InChI is InChI=1S/C29H46N2O8S/c1-6-20(27(30)32)17-26(28(33)34)25-10-8-9-22(25)16-23(21-11-13-24(14-12-21)40(36,37)38)15-19(3)29(35)39-18-31(4,5)7-2/h11-14,19-20,22-23,25-26H,6-10,15-18H2,1-5H3,(H3-,30,32,33,34,36,37,38)/p+1. The van der Waals surface area contributed by atoms with Crippen LogP contribution in [0, 0.1) is 29.6 Å². The molecule has 0 spiro atoms. The van der Waals surface area contributed by atoms with E-state index in [0.29, 0.717) is 23.7 Å². The van der Waals surface area contributed by atoms with E-state index in [1.165, 1.54) is 12.1 Å². The lowest BCUT2D eigenvalue weighted by atomic mass is 9.73. The summed E-state index contributed by atoms with van der Waals surface area (Å²) < 4.78 is 38.7. The van der Waals surface area contributed by atoms with Crippen molar-refractivity contribution in [1.82, 2.24) is 0 Å². The van der Waals surface area contributed by atoms with Crippen molar-refractivity contribution in [3.63, 3.8) is 0 Å². The van der Waals surface area contributed by atoms with E-state index in [1.54, 1.807) is 19.1 Å². The van der Waals surface area contributed by atoms with Gasteiger partial charge in [-0.15, -0.1) is 0 Å². The quantitative estimate of drug-likeness (QED) is 0.114. The number of amides is 1. The molecule has 0 aromatic heterocycles. The topological polar surface area (TPSA) is 161 Å². The van der Waals surface area contributed by atoms with E-state index < -0.39 is 39.7 Å². The van der Waals surface area contributed by atoms with Crippen LogP contribution >= 0.6 is 0 Å². The number of primary amides is 1. The number of hydrogen-bond acceptors (Lipinski definition) is 6. The highest BCUT2D eigenvalue weighted by Crippen LogP contribution is 2.45. The van der Waals surface area contributed by atoms with Gasteiger partial charge in [-0.25, -0.2) is 0 Å². The summed E-state index contributed by atoms with van der Waals surface area (Å²) in [5, 5.41) is 10.1. The molecule has 226 valence electrons. The zero-order chi connectivity index (χ0) is 30.3. The number of aliphatic carboxylic acids is 1. The Kier molecular flexibility index (Phi) is 12.1. The number of nitrogens with zero attached hydrogens (tertiary/aromatic N) is 1. The van der Waals surface area contributed by atoms with Crippen molar-refractivity contribution in [1.29, 1.82) is 0 Å². The predicted octanol–water partition coefficient (Wildman–Crippen LogP) is 4.05. The van der Waals surface area contributed by atoms with Crippen LogP contribution in [0.5, 0.6) is 0 Å². The monoisotopic (exact) mass is 583 g/mol. The Labute approximate surface area is 238 Å². The van der Waals surface area contributed by atoms with Crippen molar-refractivity contribution in [2.45, 2.75) is 76.5 Å². The fraction of sp³-hybridized carbons (Fsp3) is 0.690. The molecule has 1 aromatic rings. The summed E-state index contributed by atoms with van der Waals surface area (Å²) in [5.74, 6) is -3.68. The molecule has 1 fully saturated rings. The molecule has 40 heavy (non-hydrogen) atoms. The van der Waals surface area contributed by atoms with Crippen LogP contribution in [0.2, 0.25) is 0 Å². The Hall–Kier alpha value is -2.50. The highest BCUT2D eigenvalue weighted by Gasteiger charge is 2.40. The van der Waals surface area contributed by atoms with E-state index in [2.05, 4.69) is 0 Å². The van der Waals surface area contributed by atoms with Gasteiger partial charge < -0.3 is 15.6 Å². The number of ether oxygens (including phenoxy) is 1. The fourth-order valence-electron chi connectivity index (χ4n) is 5.78. The van der Waals surface area contributed by atoms with Crippen LogP contribution < -0.4 is 5.73 Å². The van der Waals surface area contributed by atoms with E-state index >= 15 is 0 Å². The number of carbonyl (C=O) groups is 3. The number of quaternary nitrogens is 1. The van der Waals surface area contributed by atoms with E-state index in [4.69, 9.17) is 10.5 Å². The van der Waals surface area contributed by atoms with Gasteiger partial charge in [0.1, 0.15) is 0 Å². The molecular weight excluding hydrogens is 536 g/mol. The Morgan fingerprint density at radius 1 is 1.10 bits per heavy atom. The highest BCUT2D eigenvalue weighted by molar-refractivity contribution is 7.85. The Bertz CT molecular complexity index is 1120. The normalized spacial score (nSPS) is 20.9. The lowest BCUT2D eigenvalue weighted by Crippen LogP contribution is -2.42. The first-order valence-electron chi connectivity index (χ1n) is 14.2. The smallest absolute Gasteiger partial charge is 0.312 e. The van der Waals surface area contributed by atoms with Crippen LogP contribution in [0.15, 0.2) is 29.2 Å². The second kappa shape index (κ2) is 14.4. The molecule has 11 heteroatoms. The molecule has 0 heterocycles. The largest absolute Gasteiger partial charge is 0.481 e. The average Bonchev–Trinajstić information content (AvgIpc) is 3.34. The first-order valence-corrected chi connectivity index (χ1v) is 15.6. The molecule has 1 amide bonds. The molecule has 10 nitrogen and oxygen atoms in total. The second-order valence-corrected chi connectivity index (χ2v) is 13.4. The minimum absolute atomic E-state index is 0.0386. The van der Waals surface area contributed by atoms with E-state index in [0.717, 1.165) is 31.4 Å². The third kappa shape index (κ3) is 9.55. The van der Waals surface area contributed by atoms with Gasteiger partial charge in [-0.05, 0) is 74.5 Å². The number of rotatable bonds is 16. The zero-order valence-corrected chi connectivity index (χ0v) is 25.2. The number of nitrogens with two attached hydrogens (primary N) is 1. The third-order valence-corrected chi connectivity index (χ3v) is 9.54. The van der Waals surface area contributed by atoms with Gasteiger partial charge in [0.05, 0.1) is 37.4 Å². The third-order valence-electron chi connectivity index (χ3n) is 8.67. The van der Waals surface area contributed by atoms with Crippen LogP contribution in [0.4, 0.5) is 0 Å². The van der Waals surface area contributed by atoms with Gasteiger partial charge in [-0.2, -0.15) is 8.42 Å². The number of carboxylic acids is 1. The summed E-state index contributed by atoms with van der Waals surface area (Å²) in [7, 11) is -0.417. The van der Waals surface area contributed by atoms with Crippen molar-refractivity contribution < 1.29 is 41.7 Å². The maximum atomic E-state index is 12.9. The lowest BCUT2D eigenvalue weighted by molar-refractivity contribution is -0.905. The molecule has 6 atom stereocenters. The molecule has 0 saturated heterocycles. The highest BCUT2D eigenvalue weighted by atomic mass is 32.2. The van der Waals surface area contributed by atoms with E-state index in [9.17, 15) is 32.5 Å². The minimum atomic E-state index is -4.36. The predicted molar refractivity (Wildman–Crippen MR) is 151 cm³/mol. The molecule has 1 aliphatic rings. The number of hydrogen-bond donors (Lipinski definition) is 3. The number of carbonyl (C=O) groups excluding carboxylic acids is 2. The van der Waals surface area contributed by atoms with Gasteiger partial charge in [0.25, 0.3) is 10.1 Å².